The van der Waals surface area contributed by atoms with E-state index in [9.17, 15) is 9.50 Å². The molecule has 0 radical (unpaired) electrons. The van der Waals surface area contributed by atoms with Crippen molar-refractivity contribution in [2.24, 2.45) is 5.92 Å². The second kappa shape index (κ2) is 6.20. The molecule has 0 saturated carbocycles. The van der Waals surface area contributed by atoms with Crippen LogP contribution in [0.4, 0.5) is 4.39 Å². The molecule has 2 heterocycles. The molecule has 3 rings (SSSR count). The second-order valence-electron chi connectivity index (χ2n) is 5.96. The normalized spacial score (nSPS) is 21.3. The summed E-state index contributed by atoms with van der Waals surface area (Å²) in [5.41, 5.74) is 0.559. The molecular formula is C16H22FNO3. The van der Waals surface area contributed by atoms with Gasteiger partial charge in [-0.15, -0.1) is 0 Å². The summed E-state index contributed by atoms with van der Waals surface area (Å²) in [5, 5.41) is 10.5. The minimum absolute atomic E-state index is 0.0464. The lowest BCUT2D eigenvalue weighted by Crippen LogP contribution is -2.28. The number of aliphatic hydroxyl groups excluding tert-OH is 1. The molecule has 0 bridgehead atoms. The lowest BCUT2D eigenvalue weighted by atomic mass is 9.96. The van der Waals surface area contributed by atoms with Crippen LogP contribution in [0.15, 0.2) is 12.1 Å². The van der Waals surface area contributed by atoms with Gasteiger partial charge in [-0.25, -0.2) is 4.39 Å². The van der Waals surface area contributed by atoms with Gasteiger partial charge in [0, 0.05) is 6.54 Å². The van der Waals surface area contributed by atoms with E-state index in [0.717, 1.165) is 19.6 Å². The van der Waals surface area contributed by atoms with Crippen LogP contribution in [-0.4, -0.2) is 42.9 Å². The molecule has 1 aromatic rings. The summed E-state index contributed by atoms with van der Waals surface area (Å²) < 4.78 is 24.7. The summed E-state index contributed by atoms with van der Waals surface area (Å²) in [6.45, 7) is 5.78. The molecule has 0 spiro atoms. The molecule has 0 aromatic heterocycles. The molecule has 2 aliphatic rings. The Morgan fingerprint density at radius 1 is 1.24 bits per heavy atom. The van der Waals surface area contributed by atoms with E-state index in [-0.39, 0.29) is 11.7 Å². The lowest BCUT2D eigenvalue weighted by Gasteiger charge is -2.26. The lowest BCUT2D eigenvalue weighted by molar-refractivity contribution is 0.0930. The van der Waals surface area contributed by atoms with Crippen molar-refractivity contribution in [2.45, 2.75) is 25.9 Å². The summed E-state index contributed by atoms with van der Waals surface area (Å²) in [7, 11) is 0. The number of likely N-dealkylation sites (tertiary alicyclic amines) is 1. The van der Waals surface area contributed by atoms with Gasteiger partial charge < -0.3 is 19.5 Å². The molecule has 1 N–H and O–H groups in total. The average molecular weight is 295 g/mol. The first-order chi connectivity index (χ1) is 10.1. The first-order valence-electron chi connectivity index (χ1n) is 7.64. The minimum Gasteiger partial charge on any atom is -0.486 e. The fraction of sp³-hybridized carbons (Fsp3) is 0.625. The predicted octanol–water partition coefficient (Wildman–Crippen LogP) is 2.36. The predicted molar refractivity (Wildman–Crippen MR) is 77.2 cm³/mol. The monoisotopic (exact) mass is 295 g/mol. The number of aliphatic hydroxyl groups is 1. The van der Waals surface area contributed by atoms with Gasteiger partial charge in [-0.3, -0.25) is 0 Å². The van der Waals surface area contributed by atoms with Gasteiger partial charge >= 0.3 is 0 Å². The minimum atomic E-state index is -0.698. The highest BCUT2D eigenvalue weighted by Crippen LogP contribution is 2.37. The number of fused-ring (bicyclic) bond motifs is 1. The van der Waals surface area contributed by atoms with Crippen molar-refractivity contribution in [1.29, 1.82) is 0 Å². The maximum absolute atomic E-state index is 14.0. The Bertz CT molecular complexity index is 503. The Morgan fingerprint density at radius 2 is 1.95 bits per heavy atom. The van der Waals surface area contributed by atoms with Crippen molar-refractivity contribution in [1.82, 2.24) is 4.90 Å². The van der Waals surface area contributed by atoms with Gasteiger partial charge in [0.15, 0.2) is 17.3 Å². The molecule has 1 saturated heterocycles. The van der Waals surface area contributed by atoms with Gasteiger partial charge in [0.1, 0.15) is 13.2 Å². The van der Waals surface area contributed by atoms with Crippen LogP contribution >= 0.6 is 0 Å². The number of halogens is 1. The van der Waals surface area contributed by atoms with Crippen molar-refractivity contribution in [3.8, 4) is 11.5 Å². The van der Waals surface area contributed by atoms with Crippen LogP contribution in [0.1, 0.15) is 31.4 Å². The number of benzene rings is 1. The number of rotatable bonds is 4. The SMILES string of the molecule is C[C@H](CN1CCCC1)[C@H](O)c1cc(F)c2c(c1)OCCO2. The Labute approximate surface area is 124 Å². The maximum Gasteiger partial charge on any atom is 0.197 e. The highest BCUT2D eigenvalue weighted by molar-refractivity contribution is 5.45. The zero-order chi connectivity index (χ0) is 14.8. The average Bonchev–Trinajstić information content (AvgIpc) is 2.99. The van der Waals surface area contributed by atoms with Crippen LogP contribution < -0.4 is 9.47 Å². The topological polar surface area (TPSA) is 41.9 Å². The fourth-order valence-electron chi connectivity index (χ4n) is 3.10. The molecule has 5 heteroatoms. The van der Waals surface area contributed by atoms with Crippen molar-refractivity contribution < 1.29 is 19.0 Å². The summed E-state index contributed by atoms with van der Waals surface area (Å²) in [6, 6.07) is 3.06. The molecule has 0 amide bonds. The summed E-state index contributed by atoms with van der Waals surface area (Å²) in [4.78, 5) is 2.35. The van der Waals surface area contributed by atoms with Crippen LogP contribution in [0, 0.1) is 11.7 Å². The van der Waals surface area contributed by atoms with E-state index >= 15 is 0 Å². The summed E-state index contributed by atoms with van der Waals surface area (Å²) >= 11 is 0. The smallest absolute Gasteiger partial charge is 0.197 e. The van der Waals surface area contributed by atoms with E-state index < -0.39 is 11.9 Å². The van der Waals surface area contributed by atoms with Gasteiger partial charge in [-0.2, -0.15) is 0 Å². The van der Waals surface area contributed by atoms with Crippen molar-refractivity contribution in [3.63, 3.8) is 0 Å². The molecule has 0 aliphatic carbocycles. The Balaban J connectivity index is 1.74. The van der Waals surface area contributed by atoms with E-state index in [4.69, 9.17) is 9.47 Å². The molecule has 1 fully saturated rings. The van der Waals surface area contributed by atoms with Gasteiger partial charge in [-0.1, -0.05) is 6.92 Å². The molecular weight excluding hydrogens is 273 g/mol. The third kappa shape index (κ3) is 3.14. The third-order valence-corrected chi connectivity index (χ3v) is 4.24. The standard InChI is InChI=1S/C16H22FNO3/c1-11(10-18-4-2-3-5-18)15(19)12-8-13(17)16-14(9-12)20-6-7-21-16/h8-9,11,15,19H,2-7,10H2,1H3/t11-,15+/m1/s1. The zero-order valence-electron chi connectivity index (χ0n) is 12.3. The molecule has 4 nitrogen and oxygen atoms in total. The highest BCUT2D eigenvalue weighted by Gasteiger charge is 2.25. The summed E-state index contributed by atoms with van der Waals surface area (Å²) in [6.07, 6.45) is 1.75. The van der Waals surface area contributed by atoms with E-state index in [1.165, 1.54) is 18.9 Å². The van der Waals surface area contributed by atoms with Crippen LogP contribution in [0.2, 0.25) is 0 Å². The number of ether oxygens (including phenoxy) is 2. The molecule has 116 valence electrons. The molecule has 0 unspecified atom stereocenters. The molecule has 1 aromatic carbocycles. The van der Waals surface area contributed by atoms with Gasteiger partial charge in [-0.05, 0) is 49.5 Å². The van der Waals surface area contributed by atoms with Crippen LogP contribution in [0.25, 0.3) is 0 Å². The molecule has 2 atom stereocenters. The Hall–Kier alpha value is -1.33. The van der Waals surface area contributed by atoms with Gasteiger partial charge in [0.05, 0.1) is 6.10 Å². The third-order valence-electron chi connectivity index (χ3n) is 4.24. The van der Waals surface area contributed by atoms with Crippen LogP contribution in [-0.2, 0) is 0 Å². The molecule has 2 aliphatic heterocycles. The maximum atomic E-state index is 14.0. The van der Waals surface area contributed by atoms with E-state index in [1.54, 1.807) is 6.07 Å². The van der Waals surface area contributed by atoms with Crippen molar-refractivity contribution in [2.75, 3.05) is 32.8 Å². The first-order valence-corrected chi connectivity index (χ1v) is 7.64. The quantitative estimate of drug-likeness (QED) is 0.926. The van der Waals surface area contributed by atoms with Crippen molar-refractivity contribution >= 4 is 0 Å². The van der Waals surface area contributed by atoms with E-state index in [1.807, 2.05) is 6.92 Å². The first kappa shape index (κ1) is 14.6. The summed E-state index contributed by atoms with van der Waals surface area (Å²) in [5.74, 6) is 0.132. The number of hydrogen-bond donors (Lipinski definition) is 1. The Kier molecular flexibility index (Phi) is 4.31. The second-order valence-corrected chi connectivity index (χ2v) is 5.96. The van der Waals surface area contributed by atoms with Gasteiger partial charge in [0.25, 0.3) is 0 Å². The molecule has 21 heavy (non-hydrogen) atoms. The van der Waals surface area contributed by atoms with E-state index in [2.05, 4.69) is 4.90 Å². The van der Waals surface area contributed by atoms with Crippen LogP contribution in [0.5, 0.6) is 11.5 Å². The highest BCUT2D eigenvalue weighted by atomic mass is 19.1. The fourth-order valence-corrected chi connectivity index (χ4v) is 3.10. The zero-order valence-corrected chi connectivity index (χ0v) is 12.3. The number of nitrogens with zero attached hydrogens (tertiary/aromatic N) is 1. The van der Waals surface area contributed by atoms with Crippen molar-refractivity contribution in [3.05, 3.63) is 23.5 Å². The number of hydrogen-bond acceptors (Lipinski definition) is 4. The van der Waals surface area contributed by atoms with E-state index in [0.29, 0.717) is 24.5 Å². The van der Waals surface area contributed by atoms with Crippen LogP contribution in [0.3, 0.4) is 0 Å². The van der Waals surface area contributed by atoms with Gasteiger partial charge in [0.2, 0.25) is 0 Å². The Morgan fingerprint density at radius 3 is 2.71 bits per heavy atom. The largest absolute Gasteiger partial charge is 0.486 e.